The Hall–Kier alpha value is -0.700. The average Bonchev–Trinajstić information content (AvgIpc) is 2.35. The zero-order chi connectivity index (χ0) is 12.9. The largest absolute Gasteiger partial charge is 0.387 e. The number of piperazine rings is 1. The van der Waals surface area contributed by atoms with Crippen LogP contribution in [0.5, 0.6) is 0 Å². The van der Waals surface area contributed by atoms with Gasteiger partial charge >= 0.3 is 0 Å². The molecule has 1 aliphatic rings. The van der Waals surface area contributed by atoms with Crippen molar-refractivity contribution in [3.8, 4) is 0 Å². The fourth-order valence-electron chi connectivity index (χ4n) is 1.63. The molecule has 8 heteroatoms. The van der Waals surface area contributed by atoms with Crippen molar-refractivity contribution in [2.45, 2.75) is 0 Å². The van der Waals surface area contributed by atoms with Crippen LogP contribution in [0.1, 0.15) is 0 Å². The van der Waals surface area contributed by atoms with E-state index in [1.807, 2.05) is 0 Å². The van der Waals surface area contributed by atoms with E-state index in [0.717, 1.165) is 0 Å². The van der Waals surface area contributed by atoms with Crippen molar-refractivity contribution < 1.29 is 23.1 Å². The number of ether oxygens (including phenoxy) is 1. The van der Waals surface area contributed by atoms with E-state index in [-0.39, 0.29) is 31.4 Å². The molecule has 0 aromatic carbocycles. The van der Waals surface area contributed by atoms with Crippen molar-refractivity contribution in [2.75, 3.05) is 52.3 Å². The van der Waals surface area contributed by atoms with Crippen LogP contribution >= 0.6 is 0 Å². The highest BCUT2D eigenvalue weighted by Gasteiger charge is 2.28. The van der Waals surface area contributed by atoms with E-state index in [1.54, 1.807) is 0 Å². The fourth-order valence-corrected chi connectivity index (χ4v) is 2.99. The van der Waals surface area contributed by atoms with Crippen LogP contribution in [0.25, 0.3) is 0 Å². The summed E-state index contributed by atoms with van der Waals surface area (Å²) in [5, 5.41) is 8.69. The van der Waals surface area contributed by atoms with Crippen LogP contribution in [-0.2, 0) is 19.6 Å². The number of rotatable bonds is 5. The first kappa shape index (κ1) is 14.4. The summed E-state index contributed by atoms with van der Waals surface area (Å²) in [5.74, 6) is -0.406. The third-order valence-corrected chi connectivity index (χ3v) is 4.50. The Morgan fingerprint density at radius 2 is 1.88 bits per heavy atom. The van der Waals surface area contributed by atoms with Crippen molar-refractivity contribution in [3.05, 3.63) is 0 Å². The lowest BCUT2D eigenvalue weighted by Crippen LogP contribution is -2.51. The van der Waals surface area contributed by atoms with E-state index in [2.05, 4.69) is 0 Å². The van der Waals surface area contributed by atoms with Gasteiger partial charge in [-0.05, 0) is 0 Å². The van der Waals surface area contributed by atoms with Crippen molar-refractivity contribution in [2.24, 2.45) is 0 Å². The zero-order valence-electron chi connectivity index (χ0n) is 9.83. The van der Waals surface area contributed by atoms with E-state index in [1.165, 1.54) is 16.3 Å². The lowest BCUT2D eigenvalue weighted by atomic mass is 10.3. The third-order valence-electron chi connectivity index (χ3n) is 2.67. The van der Waals surface area contributed by atoms with Crippen LogP contribution in [0.3, 0.4) is 0 Å². The zero-order valence-corrected chi connectivity index (χ0v) is 10.6. The molecule has 0 aromatic rings. The minimum absolute atomic E-state index is 0.0442. The molecule has 0 aliphatic carbocycles. The molecule has 1 aliphatic heterocycles. The summed E-state index contributed by atoms with van der Waals surface area (Å²) in [6.07, 6.45) is 0. The molecule has 0 radical (unpaired) electrons. The quantitative estimate of drug-likeness (QED) is 0.628. The fraction of sp³-hybridized carbons (Fsp3) is 0.889. The first-order chi connectivity index (χ1) is 8.01. The predicted molar refractivity (Wildman–Crippen MR) is 60.9 cm³/mol. The van der Waals surface area contributed by atoms with Gasteiger partial charge in [0.1, 0.15) is 6.61 Å². The minimum Gasteiger partial charge on any atom is -0.387 e. The van der Waals surface area contributed by atoms with Crippen LogP contribution in [0.4, 0.5) is 0 Å². The van der Waals surface area contributed by atoms with Crippen LogP contribution in [0, 0.1) is 0 Å². The predicted octanol–water partition coefficient (Wildman–Crippen LogP) is -1.90. The summed E-state index contributed by atoms with van der Waals surface area (Å²) in [6, 6.07) is 0. The molecule has 17 heavy (non-hydrogen) atoms. The lowest BCUT2D eigenvalue weighted by Gasteiger charge is -2.33. The van der Waals surface area contributed by atoms with Crippen LogP contribution in [0.15, 0.2) is 0 Å². The average molecular weight is 266 g/mol. The highest BCUT2D eigenvalue weighted by Crippen LogP contribution is 2.08. The Bertz CT molecular complexity index is 348. The van der Waals surface area contributed by atoms with E-state index in [0.29, 0.717) is 13.1 Å². The van der Waals surface area contributed by atoms with E-state index in [4.69, 9.17) is 9.84 Å². The van der Waals surface area contributed by atoms with Crippen molar-refractivity contribution in [3.63, 3.8) is 0 Å². The number of methoxy groups -OCH3 is 1. The number of hydrogen-bond donors (Lipinski definition) is 1. The summed E-state index contributed by atoms with van der Waals surface area (Å²) in [7, 11) is -1.84. The van der Waals surface area contributed by atoms with Gasteiger partial charge in [0.25, 0.3) is 0 Å². The highest BCUT2D eigenvalue weighted by molar-refractivity contribution is 7.89. The van der Waals surface area contributed by atoms with E-state index < -0.39 is 16.6 Å². The first-order valence-electron chi connectivity index (χ1n) is 5.36. The number of hydrogen-bond acceptors (Lipinski definition) is 5. The second-order valence-corrected chi connectivity index (χ2v) is 5.84. The second kappa shape index (κ2) is 6.29. The molecular formula is C9H18N2O5S. The van der Waals surface area contributed by atoms with Crippen molar-refractivity contribution in [1.82, 2.24) is 9.21 Å². The number of amides is 1. The number of nitrogens with zero attached hydrogens (tertiary/aromatic N) is 2. The normalized spacial score (nSPS) is 18.4. The molecule has 1 amide bonds. The topological polar surface area (TPSA) is 87.2 Å². The van der Waals surface area contributed by atoms with Crippen LogP contribution in [0.2, 0.25) is 0 Å². The molecule has 1 N–H and O–H groups in total. The molecule has 0 atom stereocenters. The first-order valence-corrected chi connectivity index (χ1v) is 6.97. The van der Waals surface area contributed by atoms with Gasteiger partial charge in [0.2, 0.25) is 15.9 Å². The third kappa shape index (κ3) is 3.91. The van der Waals surface area contributed by atoms with Crippen molar-refractivity contribution in [1.29, 1.82) is 0 Å². The standard InChI is InChI=1S/C9H18N2O5S/c1-16-6-7-17(14,15)11-4-2-10(3-5-11)9(13)8-12/h12H,2-8H2,1H3. The molecule has 7 nitrogen and oxygen atoms in total. The van der Waals surface area contributed by atoms with Gasteiger partial charge in [-0.25, -0.2) is 8.42 Å². The number of aliphatic hydroxyl groups is 1. The number of sulfonamides is 1. The van der Waals surface area contributed by atoms with Gasteiger partial charge in [-0.2, -0.15) is 4.31 Å². The molecule has 100 valence electrons. The maximum absolute atomic E-state index is 11.8. The lowest BCUT2D eigenvalue weighted by molar-refractivity contribution is -0.135. The molecule has 0 unspecified atom stereocenters. The molecule has 0 saturated carbocycles. The molecule has 0 spiro atoms. The van der Waals surface area contributed by atoms with Gasteiger partial charge in [-0.15, -0.1) is 0 Å². The van der Waals surface area contributed by atoms with Crippen molar-refractivity contribution >= 4 is 15.9 Å². The SMILES string of the molecule is COCCS(=O)(=O)N1CCN(C(=O)CO)CC1. The molecule has 1 heterocycles. The Kier molecular flexibility index (Phi) is 5.31. The molecule has 1 saturated heterocycles. The van der Waals surface area contributed by atoms with E-state index in [9.17, 15) is 13.2 Å². The van der Waals surface area contributed by atoms with Crippen LogP contribution < -0.4 is 0 Å². The highest BCUT2D eigenvalue weighted by atomic mass is 32.2. The van der Waals surface area contributed by atoms with E-state index >= 15 is 0 Å². The molecule has 1 rings (SSSR count). The summed E-state index contributed by atoms with van der Waals surface area (Å²) in [4.78, 5) is 12.6. The van der Waals surface area contributed by atoms with Gasteiger partial charge in [-0.1, -0.05) is 0 Å². The summed E-state index contributed by atoms with van der Waals surface area (Å²) in [5.41, 5.74) is 0. The summed E-state index contributed by atoms with van der Waals surface area (Å²) >= 11 is 0. The second-order valence-electron chi connectivity index (χ2n) is 3.75. The summed E-state index contributed by atoms with van der Waals surface area (Å²) in [6.45, 7) is 0.835. The van der Waals surface area contributed by atoms with Gasteiger partial charge in [-0.3, -0.25) is 4.79 Å². The molecule has 0 bridgehead atoms. The monoisotopic (exact) mass is 266 g/mol. The summed E-state index contributed by atoms with van der Waals surface area (Å²) < 4.78 is 29.7. The Morgan fingerprint density at radius 3 is 2.35 bits per heavy atom. The number of aliphatic hydroxyl groups excluding tert-OH is 1. The molecular weight excluding hydrogens is 248 g/mol. The Balaban J connectivity index is 2.49. The molecule has 1 fully saturated rings. The Labute approximate surface area is 101 Å². The van der Waals surface area contributed by atoms with Gasteiger partial charge < -0.3 is 14.7 Å². The van der Waals surface area contributed by atoms with Gasteiger partial charge in [0.15, 0.2) is 0 Å². The number of carbonyl (C=O) groups is 1. The maximum atomic E-state index is 11.8. The van der Waals surface area contributed by atoms with Gasteiger partial charge in [0, 0.05) is 33.3 Å². The number of carbonyl (C=O) groups excluding carboxylic acids is 1. The van der Waals surface area contributed by atoms with Crippen LogP contribution in [-0.4, -0.2) is 80.9 Å². The minimum atomic E-state index is -3.29. The smallest absolute Gasteiger partial charge is 0.248 e. The maximum Gasteiger partial charge on any atom is 0.248 e. The molecule has 0 aromatic heterocycles. The Morgan fingerprint density at radius 1 is 1.29 bits per heavy atom. The van der Waals surface area contributed by atoms with Gasteiger partial charge in [0.05, 0.1) is 12.4 Å².